The van der Waals surface area contributed by atoms with Gasteiger partial charge in [-0.15, -0.1) is 0 Å². The molecule has 0 bridgehead atoms. The molecule has 0 aliphatic rings. The Hall–Kier alpha value is -1.12. The fourth-order valence-electron chi connectivity index (χ4n) is 1.73. The van der Waals surface area contributed by atoms with E-state index in [1.807, 2.05) is 31.2 Å². The lowest BCUT2D eigenvalue weighted by atomic mass is 10.0. The predicted octanol–water partition coefficient (Wildman–Crippen LogP) is 2.78. The van der Waals surface area contributed by atoms with Crippen molar-refractivity contribution in [2.45, 2.75) is 19.4 Å². The maximum atomic E-state index is 6.04. The molecule has 1 heterocycles. The maximum absolute atomic E-state index is 6.04. The summed E-state index contributed by atoms with van der Waals surface area (Å²) in [5, 5.41) is 1.81. The van der Waals surface area contributed by atoms with E-state index in [-0.39, 0.29) is 6.04 Å². The van der Waals surface area contributed by atoms with Crippen LogP contribution in [0.15, 0.2) is 30.5 Å². The first-order chi connectivity index (χ1) is 7.16. The molecule has 2 aromatic rings. The molecule has 1 aromatic heterocycles. The molecule has 78 valence electrons. The van der Waals surface area contributed by atoms with Crippen molar-refractivity contribution in [2.75, 3.05) is 0 Å². The first-order valence-electron chi connectivity index (χ1n) is 4.95. The first-order valence-corrected chi connectivity index (χ1v) is 5.33. The van der Waals surface area contributed by atoms with Crippen LogP contribution >= 0.6 is 11.6 Å². The summed E-state index contributed by atoms with van der Waals surface area (Å²) in [6.07, 6.45) is 2.59. The first kappa shape index (κ1) is 10.4. The van der Waals surface area contributed by atoms with Crippen molar-refractivity contribution in [3.8, 4) is 0 Å². The summed E-state index contributed by atoms with van der Waals surface area (Å²) in [4.78, 5) is 4.36. The van der Waals surface area contributed by atoms with Crippen molar-refractivity contribution in [1.82, 2.24) is 4.98 Å². The SMILES string of the molecule is CC(N)Cc1cc(Cl)cc2cccnc12. The third-order valence-electron chi connectivity index (χ3n) is 2.29. The molecule has 1 aromatic carbocycles. The molecule has 0 aliphatic carbocycles. The van der Waals surface area contributed by atoms with Gasteiger partial charge in [-0.05, 0) is 37.1 Å². The van der Waals surface area contributed by atoms with E-state index in [9.17, 15) is 0 Å². The van der Waals surface area contributed by atoms with Gasteiger partial charge in [-0.25, -0.2) is 0 Å². The van der Waals surface area contributed by atoms with Gasteiger partial charge in [0.2, 0.25) is 0 Å². The molecule has 1 unspecified atom stereocenters. The lowest BCUT2D eigenvalue weighted by molar-refractivity contribution is 0.741. The van der Waals surface area contributed by atoms with Crippen LogP contribution in [0.3, 0.4) is 0 Å². The molecule has 0 saturated heterocycles. The Morgan fingerprint density at radius 3 is 3.00 bits per heavy atom. The number of hydrogen-bond donors (Lipinski definition) is 1. The summed E-state index contributed by atoms with van der Waals surface area (Å²) >= 11 is 6.04. The molecule has 0 saturated carbocycles. The summed E-state index contributed by atoms with van der Waals surface area (Å²) in [5.41, 5.74) is 7.91. The lowest BCUT2D eigenvalue weighted by Crippen LogP contribution is -2.18. The minimum absolute atomic E-state index is 0.119. The minimum Gasteiger partial charge on any atom is -0.328 e. The third-order valence-corrected chi connectivity index (χ3v) is 2.51. The van der Waals surface area contributed by atoms with E-state index >= 15 is 0 Å². The van der Waals surface area contributed by atoms with E-state index in [2.05, 4.69) is 4.98 Å². The summed E-state index contributed by atoms with van der Waals surface area (Å²) in [6.45, 7) is 1.98. The number of hydrogen-bond acceptors (Lipinski definition) is 2. The number of halogens is 1. The van der Waals surface area contributed by atoms with Crippen LogP contribution < -0.4 is 5.73 Å². The highest BCUT2D eigenvalue weighted by Crippen LogP contribution is 2.22. The van der Waals surface area contributed by atoms with E-state index in [1.54, 1.807) is 6.20 Å². The minimum atomic E-state index is 0.119. The van der Waals surface area contributed by atoms with Crippen molar-refractivity contribution in [1.29, 1.82) is 0 Å². The van der Waals surface area contributed by atoms with Gasteiger partial charge in [-0.2, -0.15) is 0 Å². The Balaban J connectivity index is 2.60. The standard InChI is InChI=1S/C12H13ClN2/c1-8(14)5-10-7-11(13)6-9-3-2-4-15-12(9)10/h2-4,6-8H,5,14H2,1H3. The molecule has 3 heteroatoms. The van der Waals surface area contributed by atoms with Gasteiger partial charge in [0.05, 0.1) is 5.52 Å². The number of benzene rings is 1. The summed E-state index contributed by atoms with van der Waals surface area (Å²) < 4.78 is 0. The van der Waals surface area contributed by atoms with E-state index < -0.39 is 0 Å². The van der Waals surface area contributed by atoms with Crippen molar-refractivity contribution in [3.05, 3.63) is 41.0 Å². The van der Waals surface area contributed by atoms with Crippen LogP contribution in [0, 0.1) is 0 Å². The monoisotopic (exact) mass is 220 g/mol. The fourth-order valence-corrected chi connectivity index (χ4v) is 1.98. The van der Waals surface area contributed by atoms with Gasteiger partial charge in [0.15, 0.2) is 0 Å². The van der Waals surface area contributed by atoms with Gasteiger partial charge in [0.25, 0.3) is 0 Å². The Labute approximate surface area is 94.1 Å². The van der Waals surface area contributed by atoms with E-state index in [0.717, 1.165) is 27.9 Å². The molecule has 2 rings (SSSR count). The zero-order valence-corrected chi connectivity index (χ0v) is 9.33. The molecule has 2 N–H and O–H groups in total. The topological polar surface area (TPSA) is 38.9 Å². The van der Waals surface area contributed by atoms with E-state index in [0.29, 0.717) is 0 Å². The highest BCUT2D eigenvalue weighted by atomic mass is 35.5. The molecule has 2 nitrogen and oxygen atoms in total. The average Bonchev–Trinajstić information content (AvgIpc) is 2.16. The normalized spacial score (nSPS) is 13.0. The highest BCUT2D eigenvalue weighted by molar-refractivity contribution is 6.31. The van der Waals surface area contributed by atoms with Crippen molar-refractivity contribution < 1.29 is 0 Å². The van der Waals surface area contributed by atoms with Crippen LogP contribution in [0.25, 0.3) is 10.9 Å². The zero-order valence-electron chi connectivity index (χ0n) is 8.57. The van der Waals surface area contributed by atoms with Crippen LogP contribution in [-0.4, -0.2) is 11.0 Å². The van der Waals surface area contributed by atoms with Crippen molar-refractivity contribution in [2.24, 2.45) is 5.73 Å². The molecular weight excluding hydrogens is 208 g/mol. The maximum Gasteiger partial charge on any atom is 0.0735 e. The Kier molecular flexibility index (Phi) is 2.89. The van der Waals surface area contributed by atoms with Gasteiger partial charge in [0, 0.05) is 22.6 Å². The fraction of sp³-hybridized carbons (Fsp3) is 0.250. The molecule has 0 spiro atoms. The van der Waals surface area contributed by atoms with Crippen molar-refractivity contribution >= 4 is 22.5 Å². The average molecular weight is 221 g/mol. The number of pyridine rings is 1. The summed E-state index contributed by atoms with van der Waals surface area (Å²) in [5.74, 6) is 0. The largest absolute Gasteiger partial charge is 0.328 e. The van der Waals surface area contributed by atoms with Crippen LogP contribution in [0.2, 0.25) is 5.02 Å². The van der Waals surface area contributed by atoms with Gasteiger partial charge < -0.3 is 5.73 Å². The van der Waals surface area contributed by atoms with E-state index in [4.69, 9.17) is 17.3 Å². The number of nitrogens with zero attached hydrogens (tertiary/aromatic N) is 1. The summed E-state index contributed by atoms with van der Waals surface area (Å²) in [6, 6.07) is 7.91. The molecule has 0 fully saturated rings. The Morgan fingerprint density at radius 1 is 1.47 bits per heavy atom. The summed E-state index contributed by atoms with van der Waals surface area (Å²) in [7, 11) is 0. The third kappa shape index (κ3) is 2.28. The molecule has 0 aliphatic heterocycles. The quantitative estimate of drug-likeness (QED) is 0.846. The number of fused-ring (bicyclic) bond motifs is 1. The second-order valence-electron chi connectivity index (χ2n) is 3.82. The van der Waals surface area contributed by atoms with Gasteiger partial charge in [-0.3, -0.25) is 4.98 Å². The number of aromatic nitrogens is 1. The molecule has 1 atom stereocenters. The molecule has 0 radical (unpaired) electrons. The number of rotatable bonds is 2. The van der Waals surface area contributed by atoms with Crippen LogP contribution in [0.4, 0.5) is 0 Å². The lowest BCUT2D eigenvalue weighted by Gasteiger charge is -2.08. The second kappa shape index (κ2) is 4.17. The Morgan fingerprint density at radius 2 is 2.27 bits per heavy atom. The van der Waals surface area contributed by atoms with Gasteiger partial charge >= 0.3 is 0 Å². The number of nitrogens with two attached hydrogens (primary N) is 1. The van der Waals surface area contributed by atoms with E-state index in [1.165, 1.54) is 0 Å². The predicted molar refractivity (Wildman–Crippen MR) is 64.1 cm³/mol. The van der Waals surface area contributed by atoms with Crippen LogP contribution in [0.5, 0.6) is 0 Å². The molecule has 15 heavy (non-hydrogen) atoms. The van der Waals surface area contributed by atoms with Crippen molar-refractivity contribution in [3.63, 3.8) is 0 Å². The Bertz CT molecular complexity index is 480. The highest BCUT2D eigenvalue weighted by Gasteiger charge is 2.06. The second-order valence-corrected chi connectivity index (χ2v) is 4.26. The molecular formula is C12H13ClN2. The zero-order chi connectivity index (χ0) is 10.8. The molecule has 0 amide bonds. The van der Waals surface area contributed by atoms with Crippen LogP contribution in [-0.2, 0) is 6.42 Å². The van der Waals surface area contributed by atoms with Crippen LogP contribution in [0.1, 0.15) is 12.5 Å². The van der Waals surface area contributed by atoms with Gasteiger partial charge in [-0.1, -0.05) is 17.7 Å². The van der Waals surface area contributed by atoms with Gasteiger partial charge in [0.1, 0.15) is 0 Å². The smallest absolute Gasteiger partial charge is 0.0735 e.